The fourth-order valence-corrected chi connectivity index (χ4v) is 4.26. The van der Waals surface area contributed by atoms with Crippen LogP contribution in [-0.2, 0) is 12.1 Å². The summed E-state index contributed by atoms with van der Waals surface area (Å²) in [4.78, 5) is 12.4. The molecule has 0 amide bonds. The topological polar surface area (TPSA) is 105 Å². The lowest BCUT2D eigenvalue weighted by molar-refractivity contribution is 0.0397. The standard InChI is InChI=1S/C18H15Cl2N7OS/c19-13-1-2-14(15(20)7-13)18(28,8-27-11-22-10-23-27)9-29-17-24-16(25-26-17)12-3-5-21-6-4-12/h1-7,10-11,28H,8-9H2,(H,24,25,26). The van der Waals surface area contributed by atoms with E-state index < -0.39 is 5.60 Å². The van der Waals surface area contributed by atoms with Crippen molar-refractivity contribution in [3.63, 3.8) is 0 Å². The maximum absolute atomic E-state index is 11.5. The number of halogens is 2. The third-order valence-corrected chi connectivity index (χ3v) is 5.79. The van der Waals surface area contributed by atoms with Crippen LogP contribution < -0.4 is 0 Å². The number of aromatic amines is 1. The average Bonchev–Trinajstić information content (AvgIpc) is 3.39. The van der Waals surface area contributed by atoms with Gasteiger partial charge in [-0.25, -0.2) is 14.6 Å². The Kier molecular flexibility index (Phi) is 5.81. The number of rotatable bonds is 7. The van der Waals surface area contributed by atoms with Gasteiger partial charge < -0.3 is 5.11 Å². The van der Waals surface area contributed by atoms with E-state index in [1.807, 2.05) is 12.1 Å². The number of pyridine rings is 1. The van der Waals surface area contributed by atoms with Crippen molar-refractivity contribution in [1.29, 1.82) is 0 Å². The summed E-state index contributed by atoms with van der Waals surface area (Å²) >= 11 is 13.7. The van der Waals surface area contributed by atoms with Crippen molar-refractivity contribution >= 4 is 35.0 Å². The molecule has 3 aromatic heterocycles. The summed E-state index contributed by atoms with van der Waals surface area (Å²) in [6.45, 7) is 0.156. The molecule has 148 valence electrons. The summed E-state index contributed by atoms with van der Waals surface area (Å²) in [5, 5.41) is 24.1. The van der Waals surface area contributed by atoms with Crippen molar-refractivity contribution in [2.75, 3.05) is 5.75 Å². The van der Waals surface area contributed by atoms with Gasteiger partial charge in [-0.3, -0.25) is 10.1 Å². The summed E-state index contributed by atoms with van der Waals surface area (Å²) in [6, 6.07) is 8.67. The maximum Gasteiger partial charge on any atom is 0.208 e. The SMILES string of the molecule is OC(CSc1n[nH]c(-c2ccncc2)n1)(Cn1cncn1)c1ccc(Cl)cc1Cl. The molecule has 29 heavy (non-hydrogen) atoms. The number of nitrogens with zero attached hydrogens (tertiary/aromatic N) is 6. The second-order valence-electron chi connectivity index (χ2n) is 6.24. The first-order chi connectivity index (χ1) is 14.0. The van der Waals surface area contributed by atoms with E-state index in [0.717, 1.165) is 5.56 Å². The zero-order valence-corrected chi connectivity index (χ0v) is 17.2. The smallest absolute Gasteiger partial charge is 0.208 e. The summed E-state index contributed by atoms with van der Waals surface area (Å²) < 4.78 is 1.55. The molecule has 4 aromatic rings. The van der Waals surface area contributed by atoms with E-state index in [0.29, 0.717) is 26.6 Å². The molecule has 8 nitrogen and oxygen atoms in total. The summed E-state index contributed by atoms with van der Waals surface area (Å²) in [6.07, 6.45) is 6.31. The molecule has 0 radical (unpaired) electrons. The van der Waals surface area contributed by atoms with Crippen LogP contribution in [0.4, 0.5) is 0 Å². The highest BCUT2D eigenvalue weighted by molar-refractivity contribution is 7.99. The predicted octanol–water partition coefficient (Wildman–Crippen LogP) is 3.45. The highest BCUT2D eigenvalue weighted by atomic mass is 35.5. The zero-order chi connectivity index (χ0) is 20.3. The molecule has 0 fully saturated rings. The number of benzene rings is 1. The van der Waals surface area contributed by atoms with Crippen LogP contribution in [0.3, 0.4) is 0 Å². The minimum absolute atomic E-state index is 0.156. The van der Waals surface area contributed by atoms with Crippen molar-refractivity contribution in [1.82, 2.24) is 34.9 Å². The normalized spacial score (nSPS) is 13.3. The van der Waals surface area contributed by atoms with Gasteiger partial charge in [0, 0.05) is 39.3 Å². The molecular weight excluding hydrogens is 433 g/mol. The van der Waals surface area contributed by atoms with Gasteiger partial charge in [-0.15, -0.1) is 5.10 Å². The minimum Gasteiger partial charge on any atom is -0.382 e. The maximum atomic E-state index is 11.5. The van der Waals surface area contributed by atoms with Crippen LogP contribution in [0, 0.1) is 0 Å². The Balaban J connectivity index is 1.58. The fourth-order valence-electron chi connectivity index (χ4n) is 2.79. The number of thioether (sulfide) groups is 1. The molecule has 0 spiro atoms. The van der Waals surface area contributed by atoms with Gasteiger partial charge in [0.25, 0.3) is 0 Å². The number of hydrogen-bond acceptors (Lipinski definition) is 7. The lowest BCUT2D eigenvalue weighted by atomic mass is 9.95. The molecule has 1 atom stereocenters. The second kappa shape index (κ2) is 8.50. The Morgan fingerprint density at radius 1 is 1.14 bits per heavy atom. The molecule has 0 bridgehead atoms. The highest BCUT2D eigenvalue weighted by Gasteiger charge is 2.33. The Bertz CT molecular complexity index is 1090. The van der Waals surface area contributed by atoms with Crippen molar-refractivity contribution in [2.45, 2.75) is 17.3 Å². The van der Waals surface area contributed by atoms with E-state index in [2.05, 4.69) is 30.2 Å². The van der Waals surface area contributed by atoms with Gasteiger partial charge in [0.15, 0.2) is 5.82 Å². The molecule has 4 rings (SSSR count). The molecule has 11 heteroatoms. The molecule has 3 heterocycles. The molecule has 2 N–H and O–H groups in total. The molecule has 0 aliphatic carbocycles. The predicted molar refractivity (Wildman–Crippen MR) is 111 cm³/mol. The quantitative estimate of drug-likeness (QED) is 0.417. The molecule has 1 unspecified atom stereocenters. The first-order valence-electron chi connectivity index (χ1n) is 8.49. The van der Waals surface area contributed by atoms with E-state index in [-0.39, 0.29) is 12.3 Å². The van der Waals surface area contributed by atoms with Crippen LogP contribution in [0.5, 0.6) is 0 Å². The third-order valence-electron chi connectivity index (χ3n) is 4.18. The van der Waals surface area contributed by atoms with E-state index in [1.165, 1.54) is 24.4 Å². The number of nitrogens with one attached hydrogen (secondary N) is 1. The Morgan fingerprint density at radius 3 is 2.69 bits per heavy atom. The minimum atomic E-state index is -1.35. The fraction of sp³-hybridized carbons (Fsp3) is 0.167. The number of H-pyrrole nitrogens is 1. The van der Waals surface area contributed by atoms with Gasteiger partial charge in [0.2, 0.25) is 5.16 Å². The first-order valence-corrected chi connectivity index (χ1v) is 10.2. The number of hydrogen-bond donors (Lipinski definition) is 2. The molecule has 0 saturated carbocycles. The average molecular weight is 448 g/mol. The van der Waals surface area contributed by atoms with E-state index in [1.54, 1.807) is 35.3 Å². The highest BCUT2D eigenvalue weighted by Crippen LogP contribution is 2.35. The summed E-state index contributed by atoms with van der Waals surface area (Å²) in [5.74, 6) is 0.862. The Labute approximate surface area is 180 Å². The van der Waals surface area contributed by atoms with Gasteiger partial charge in [-0.1, -0.05) is 41.0 Å². The number of aliphatic hydroxyl groups is 1. The van der Waals surface area contributed by atoms with E-state index in [9.17, 15) is 5.11 Å². The Hall–Kier alpha value is -2.46. The van der Waals surface area contributed by atoms with Gasteiger partial charge in [0.05, 0.1) is 6.54 Å². The van der Waals surface area contributed by atoms with Gasteiger partial charge in [-0.05, 0) is 24.3 Å². The molecule has 0 aliphatic rings. The van der Waals surface area contributed by atoms with Crippen molar-refractivity contribution in [3.8, 4) is 11.4 Å². The van der Waals surface area contributed by atoms with Crippen LogP contribution in [0.15, 0.2) is 60.5 Å². The second-order valence-corrected chi connectivity index (χ2v) is 8.03. The van der Waals surface area contributed by atoms with Crippen molar-refractivity contribution < 1.29 is 5.11 Å². The largest absolute Gasteiger partial charge is 0.382 e. The van der Waals surface area contributed by atoms with Crippen LogP contribution >= 0.6 is 35.0 Å². The molecule has 0 aliphatic heterocycles. The lowest BCUT2D eigenvalue weighted by Crippen LogP contribution is -2.35. The van der Waals surface area contributed by atoms with Crippen LogP contribution in [0.1, 0.15) is 5.56 Å². The monoisotopic (exact) mass is 447 g/mol. The Morgan fingerprint density at radius 2 is 1.97 bits per heavy atom. The van der Waals surface area contributed by atoms with E-state index in [4.69, 9.17) is 23.2 Å². The van der Waals surface area contributed by atoms with Gasteiger partial charge >= 0.3 is 0 Å². The van der Waals surface area contributed by atoms with Gasteiger partial charge in [-0.2, -0.15) is 5.10 Å². The molecule has 1 aromatic carbocycles. The van der Waals surface area contributed by atoms with Crippen LogP contribution in [0.25, 0.3) is 11.4 Å². The van der Waals surface area contributed by atoms with Crippen molar-refractivity contribution in [3.05, 3.63) is 71.0 Å². The van der Waals surface area contributed by atoms with Crippen LogP contribution in [-0.4, -0.2) is 45.8 Å². The number of aromatic nitrogens is 7. The van der Waals surface area contributed by atoms with Crippen LogP contribution in [0.2, 0.25) is 10.0 Å². The zero-order valence-electron chi connectivity index (χ0n) is 14.9. The molecular formula is C18H15Cl2N7OS. The third kappa shape index (κ3) is 4.59. The van der Waals surface area contributed by atoms with Crippen molar-refractivity contribution in [2.24, 2.45) is 0 Å². The lowest BCUT2D eigenvalue weighted by Gasteiger charge is -2.28. The molecule has 0 saturated heterocycles. The van der Waals surface area contributed by atoms with Gasteiger partial charge in [0.1, 0.15) is 18.3 Å². The first kappa shape index (κ1) is 19.8. The van der Waals surface area contributed by atoms with E-state index >= 15 is 0 Å². The summed E-state index contributed by atoms with van der Waals surface area (Å²) in [7, 11) is 0. The summed E-state index contributed by atoms with van der Waals surface area (Å²) in [5.41, 5.74) is 0.0618.